The Bertz CT molecular complexity index is 433. The molecule has 92 valence electrons. The first kappa shape index (κ1) is 12.8. The van der Waals surface area contributed by atoms with Gasteiger partial charge in [0.1, 0.15) is 17.1 Å². The molecule has 7 nitrogen and oxygen atoms in total. The fraction of sp³-hybridized carbons (Fsp3) is 0.200. The standard InChI is InChI=1S/C10H11NO6/c11-3-5-1-6(12)9(7(13)2-5)10(16)17-4-8(14)15/h1-2,12-13H,3-4,11H2,(H,14,15). The highest BCUT2D eigenvalue weighted by atomic mass is 16.5. The largest absolute Gasteiger partial charge is 0.507 e. The number of hydrogen-bond acceptors (Lipinski definition) is 6. The van der Waals surface area contributed by atoms with Crippen molar-refractivity contribution in [2.45, 2.75) is 6.54 Å². The molecule has 0 spiro atoms. The van der Waals surface area contributed by atoms with Gasteiger partial charge < -0.3 is 25.8 Å². The average Bonchev–Trinajstić information content (AvgIpc) is 2.25. The van der Waals surface area contributed by atoms with Crippen LogP contribution in [0.15, 0.2) is 12.1 Å². The average molecular weight is 241 g/mol. The minimum atomic E-state index is -1.34. The Labute approximate surface area is 96.1 Å². The molecule has 0 unspecified atom stereocenters. The minimum absolute atomic E-state index is 0.0750. The van der Waals surface area contributed by atoms with Crippen LogP contribution in [-0.2, 0) is 16.1 Å². The summed E-state index contributed by atoms with van der Waals surface area (Å²) in [6, 6.07) is 2.38. The molecule has 0 saturated heterocycles. The topological polar surface area (TPSA) is 130 Å². The molecule has 0 heterocycles. The molecular formula is C10H11NO6. The van der Waals surface area contributed by atoms with E-state index in [0.717, 1.165) is 0 Å². The number of esters is 1. The molecule has 0 aliphatic carbocycles. The highest BCUT2D eigenvalue weighted by Crippen LogP contribution is 2.29. The van der Waals surface area contributed by atoms with E-state index in [1.165, 1.54) is 12.1 Å². The van der Waals surface area contributed by atoms with Gasteiger partial charge in [-0.05, 0) is 17.7 Å². The van der Waals surface area contributed by atoms with E-state index in [9.17, 15) is 19.8 Å². The van der Waals surface area contributed by atoms with Gasteiger partial charge in [0.2, 0.25) is 0 Å². The lowest BCUT2D eigenvalue weighted by Gasteiger charge is -2.08. The number of benzene rings is 1. The van der Waals surface area contributed by atoms with Gasteiger partial charge >= 0.3 is 11.9 Å². The second kappa shape index (κ2) is 5.17. The Morgan fingerprint density at radius 3 is 2.18 bits per heavy atom. The van der Waals surface area contributed by atoms with Gasteiger partial charge in [0.15, 0.2) is 6.61 Å². The molecule has 0 saturated carbocycles. The Morgan fingerprint density at radius 2 is 1.76 bits per heavy atom. The lowest BCUT2D eigenvalue weighted by Crippen LogP contribution is -2.13. The highest BCUT2D eigenvalue weighted by molar-refractivity contribution is 5.96. The molecule has 7 heteroatoms. The zero-order valence-corrected chi connectivity index (χ0v) is 8.71. The van der Waals surface area contributed by atoms with E-state index in [-0.39, 0.29) is 6.54 Å². The predicted octanol–water partition coefficient (Wildman–Crippen LogP) is -0.202. The number of nitrogens with two attached hydrogens (primary N) is 1. The van der Waals surface area contributed by atoms with Gasteiger partial charge in [-0.1, -0.05) is 0 Å². The van der Waals surface area contributed by atoms with Crippen LogP contribution in [0.3, 0.4) is 0 Å². The fourth-order valence-electron chi connectivity index (χ4n) is 1.19. The SMILES string of the molecule is NCc1cc(O)c(C(=O)OCC(=O)O)c(O)c1. The molecule has 0 atom stereocenters. The molecule has 5 N–H and O–H groups in total. The van der Waals surface area contributed by atoms with Crippen molar-refractivity contribution in [3.63, 3.8) is 0 Å². The lowest BCUT2D eigenvalue weighted by molar-refractivity contribution is -0.140. The molecule has 1 aromatic carbocycles. The van der Waals surface area contributed by atoms with Gasteiger partial charge in [-0.2, -0.15) is 0 Å². The second-order valence-corrected chi connectivity index (χ2v) is 3.18. The highest BCUT2D eigenvalue weighted by Gasteiger charge is 2.19. The summed E-state index contributed by atoms with van der Waals surface area (Å²) in [6.45, 7) is -0.776. The van der Waals surface area contributed by atoms with Crippen LogP contribution in [0, 0.1) is 0 Å². The van der Waals surface area contributed by atoms with Crippen LogP contribution in [0.5, 0.6) is 11.5 Å². The maximum atomic E-state index is 11.4. The van der Waals surface area contributed by atoms with E-state index < -0.39 is 35.6 Å². The maximum absolute atomic E-state index is 11.4. The number of aromatic hydroxyl groups is 2. The molecule has 0 aliphatic rings. The third-order valence-electron chi connectivity index (χ3n) is 1.92. The first-order valence-corrected chi connectivity index (χ1v) is 4.59. The van der Waals surface area contributed by atoms with Crippen LogP contribution in [0.4, 0.5) is 0 Å². The lowest BCUT2D eigenvalue weighted by atomic mass is 10.1. The molecule has 0 bridgehead atoms. The summed E-state index contributed by atoms with van der Waals surface area (Å²) >= 11 is 0. The number of carbonyl (C=O) groups is 2. The normalized spacial score (nSPS) is 9.94. The summed E-state index contributed by atoms with van der Waals surface area (Å²) in [7, 11) is 0. The summed E-state index contributed by atoms with van der Waals surface area (Å²) < 4.78 is 4.33. The van der Waals surface area contributed by atoms with Crippen molar-refractivity contribution in [1.29, 1.82) is 0 Å². The monoisotopic (exact) mass is 241 g/mol. The van der Waals surface area contributed by atoms with Gasteiger partial charge in [0.25, 0.3) is 0 Å². The van der Waals surface area contributed by atoms with Crippen LogP contribution in [0.2, 0.25) is 0 Å². The van der Waals surface area contributed by atoms with Crippen molar-refractivity contribution < 1.29 is 29.6 Å². The van der Waals surface area contributed by atoms with Gasteiger partial charge in [0.05, 0.1) is 0 Å². The van der Waals surface area contributed by atoms with Crippen molar-refractivity contribution in [1.82, 2.24) is 0 Å². The molecule has 0 fully saturated rings. The van der Waals surface area contributed by atoms with E-state index in [0.29, 0.717) is 5.56 Å². The van der Waals surface area contributed by atoms with Crippen molar-refractivity contribution in [2.24, 2.45) is 5.73 Å². The number of carbonyl (C=O) groups excluding carboxylic acids is 1. The van der Waals surface area contributed by atoms with Crippen molar-refractivity contribution in [3.05, 3.63) is 23.3 Å². The Morgan fingerprint density at radius 1 is 1.24 bits per heavy atom. The molecular weight excluding hydrogens is 230 g/mol. The van der Waals surface area contributed by atoms with Crippen LogP contribution in [0.1, 0.15) is 15.9 Å². The zero-order valence-electron chi connectivity index (χ0n) is 8.71. The quantitative estimate of drug-likeness (QED) is 0.537. The number of phenols is 2. The third kappa shape index (κ3) is 3.08. The van der Waals surface area contributed by atoms with Gasteiger partial charge in [-0.15, -0.1) is 0 Å². The fourth-order valence-corrected chi connectivity index (χ4v) is 1.19. The molecule has 0 aromatic heterocycles. The molecule has 1 rings (SSSR count). The number of phenolic OH excluding ortho intramolecular Hbond substituents is 2. The molecule has 0 aliphatic heterocycles. The van der Waals surface area contributed by atoms with Gasteiger partial charge in [0, 0.05) is 6.54 Å². The van der Waals surface area contributed by atoms with Crippen LogP contribution < -0.4 is 5.73 Å². The first-order valence-electron chi connectivity index (χ1n) is 4.59. The number of ether oxygens (including phenoxy) is 1. The van der Waals surface area contributed by atoms with Crippen molar-refractivity contribution in [2.75, 3.05) is 6.61 Å². The van der Waals surface area contributed by atoms with Crippen LogP contribution >= 0.6 is 0 Å². The summed E-state index contributed by atoms with van der Waals surface area (Å²) in [4.78, 5) is 21.5. The molecule has 0 radical (unpaired) electrons. The number of carboxylic acid groups (broad SMARTS) is 1. The van der Waals surface area contributed by atoms with Crippen LogP contribution in [-0.4, -0.2) is 33.9 Å². The summed E-state index contributed by atoms with van der Waals surface area (Å²) in [5, 5.41) is 27.3. The zero-order chi connectivity index (χ0) is 13.0. The predicted molar refractivity (Wildman–Crippen MR) is 55.6 cm³/mol. The van der Waals surface area contributed by atoms with E-state index >= 15 is 0 Å². The molecule has 1 aromatic rings. The van der Waals surface area contributed by atoms with Crippen LogP contribution in [0.25, 0.3) is 0 Å². The number of hydrogen-bond donors (Lipinski definition) is 4. The molecule has 0 amide bonds. The minimum Gasteiger partial charge on any atom is -0.507 e. The maximum Gasteiger partial charge on any atom is 0.346 e. The van der Waals surface area contributed by atoms with E-state index in [2.05, 4.69) is 4.74 Å². The first-order chi connectivity index (χ1) is 7.95. The Hall–Kier alpha value is -2.28. The smallest absolute Gasteiger partial charge is 0.346 e. The number of rotatable bonds is 4. The van der Waals surface area contributed by atoms with E-state index in [1.54, 1.807) is 0 Å². The van der Waals surface area contributed by atoms with Gasteiger partial charge in [-0.3, -0.25) is 0 Å². The van der Waals surface area contributed by atoms with E-state index in [1.807, 2.05) is 0 Å². The third-order valence-corrected chi connectivity index (χ3v) is 1.92. The summed E-state index contributed by atoms with van der Waals surface area (Å²) in [5.41, 5.74) is 5.24. The molecule has 17 heavy (non-hydrogen) atoms. The summed E-state index contributed by atoms with van der Waals surface area (Å²) in [5.74, 6) is -3.48. The Kier molecular flexibility index (Phi) is 3.89. The second-order valence-electron chi connectivity index (χ2n) is 3.18. The van der Waals surface area contributed by atoms with Gasteiger partial charge in [-0.25, -0.2) is 9.59 Å². The van der Waals surface area contributed by atoms with E-state index in [4.69, 9.17) is 10.8 Å². The number of carboxylic acids is 1. The Balaban J connectivity index is 2.97. The summed E-state index contributed by atoms with van der Waals surface area (Å²) in [6.07, 6.45) is 0. The van der Waals surface area contributed by atoms with Crippen molar-refractivity contribution >= 4 is 11.9 Å². The number of aliphatic carboxylic acids is 1. The van der Waals surface area contributed by atoms with Crippen molar-refractivity contribution in [3.8, 4) is 11.5 Å².